The molecule has 1 aliphatic heterocycles. The van der Waals surface area contributed by atoms with E-state index in [-0.39, 0.29) is 5.91 Å². The molecule has 110 valence electrons. The van der Waals surface area contributed by atoms with Crippen LogP contribution in [0.25, 0.3) is 11.1 Å². The van der Waals surface area contributed by atoms with Crippen LogP contribution in [0.15, 0.2) is 60.7 Å². The van der Waals surface area contributed by atoms with Crippen molar-refractivity contribution in [2.75, 3.05) is 26.2 Å². The average Bonchev–Trinajstić information content (AvgIpc) is 2.58. The highest BCUT2D eigenvalue weighted by Gasteiger charge is 2.10. The Morgan fingerprint density at radius 2 is 1.29 bits per heavy atom. The van der Waals surface area contributed by atoms with Crippen LogP contribution in [0.5, 0.6) is 0 Å². The fourth-order valence-electron chi connectivity index (χ4n) is 2.24. The number of piperazine rings is 1. The van der Waals surface area contributed by atoms with Gasteiger partial charge in [0.25, 0.3) is 0 Å². The highest BCUT2D eigenvalue weighted by molar-refractivity contribution is 5.73. The molecule has 3 heteroatoms. The number of rotatable bonds is 1. The van der Waals surface area contributed by atoms with E-state index < -0.39 is 0 Å². The standard InChI is InChI=1S/C12H10.C6H12N2O/c1-3-7-11(8-4-1)12-9-5-2-6-10-12;1-6(9)8-4-2-7-3-5-8/h1-10H;7H,2-5H2,1H3. The van der Waals surface area contributed by atoms with Crippen molar-refractivity contribution in [1.82, 2.24) is 10.2 Å². The molecule has 0 aliphatic carbocycles. The molecule has 1 heterocycles. The molecule has 3 nitrogen and oxygen atoms in total. The van der Waals surface area contributed by atoms with Crippen molar-refractivity contribution in [2.24, 2.45) is 0 Å². The molecule has 21 heavy (non-hydrogen) atoms. The number of nitrogens with one attached hydrogen (secondary N) is 1. The van der Waals surface area contributed by atoms with Crippen LogP contribution >= 0.6 is 0 Å². The molecule has 0 atom stereocenters. The Kier molecular flexibility index (Phi) is 5.98. The summed E-state index contributed by atoms with van der Waals surface area (Å²) in [4.78, 5) is 12.6. The summed E-state index contributed by atoms with van der Waals surface area (Å²) >= 11 is 0. The van der Waals surface area contributed by atoms with Gasteiger partial charge < -0.3 is 10.2 Å². The van der Waals surface area contributed by atoms with Crippen LogP contribution < -0.4 is 5.32 Å². The van der Waals surface area contributed by atoms with Crippen LogP contribution in [-0.4, -0.2) is 37.0 Å². The van der Waals surface area contributed by atoms with Gasteiger partial charge in [-0.05, 0) is 11.1 Å². The van der Waals surface area contributed by atoms with Gasteiger partial charge in [0.05, 0.1) is 0 Å². The van der Waals surface area contributed by atoms with Gasteiger partial charge in [-0.15, -0.1) is 0 Å². The first kappa shape index (κ1) is 15.3. The van der Waals surface area contributed by atoms with Gasteiger partial charge in [-0.25, -0.2) is 0 Å². The second-order valence-electron chi connectivity index (χ2n) is 4.99. The van der Waals surface area contributed by atoms with Crippen molar-refractivity contribution in [1.29, 1.82) is 0 Å². The SMILES string of the molecule is CC(=O)N1CCNCC1.c1ccc(-c2ccccc2)cc1. The van der Waals surface area contributed by atoms with Gasteiger partial charge in [0, 0.05) is 33.1 Å². The van der Waals surface area contributed by atoms with Crippen molar-refractivity contribution in [3.63, 3.8) is 0 Å². The quantitative estimate of drug-likeness (QED) is 0.872. The first-order valence-electron chi connectivity index (χ1n) is 7.34. The van der Waals surface area contributed by atoms with Crippen molar-refractivity contribution < 1.29 is 4.79 Å². The van der Waals surface area contributed by atoms with E-state index in [0.717, 1.165) is 26.2 Å². The monoisotopic (exact) mass is 282 g/mol. The zero-order valence-corrected chi connectivity index (χ0v) is 12.5. The summed E-state index contributed by atoms with van der Waals surface area (Å²) in [5, 5.41) is 3.18. The van der Waals surface area contributed by atoms with Crippen LogP contribution in [0.4, 0.5) is 0 Å². The van der Waals surface area contributed by atoms with E-state index in [9.17, 15) is 4.79 Å². The highest BCUT2D eigenvalue weighted by atomic mass is 16.2. The molecule has 0 radical (unpaired) electrons. The van der Waals surface area contributed by atoms with Crippen molar-refractivity contribution in [3.05, 3.63) is 60.7 Å². The normalized spacial score (nSPS) is 14.0. The van der Waals surface area contributed by atoms with Crippen LogP contribution in [0.2, 0.25) is 0 Å². The van der Waals surface area contributed by atoms with Crippen molar-refractivity contribution >= 4 is 5.91 Å². The lowest BCUT2D eigenvalue weighted by molar-refractivity contribution is -0.129. The summed E-state index contributed by atoms with van der Waals surface area (Å²) in [6, 6.07) is 20.8. The first-order valence-corrected chi connectivity index (χ1v) is 7.34. The number of benzene rings is 2. The molecule has 0 spiro atoms. The summed E-state index contributed by atoms with van der Waals surface area (Å²) in [5.74, 6) is 0.191. The smallest absolute Gasteiger partial charge is 0.219 e. The third-order valence-electron chi connectivity index (χ3n) is 3.44. The van der Waals surface area contributed by atoms with Gasteiger partial charge in [-0.3, -0.25) is 4.79 Å². The van der Waals surface area contributed by atoms with Gasteiger partial charge in [-0.2, -0.15) is 0 Å². The predicted molar refractivity (Wildman–Crippen MR) is 87.0 cm³/mol. The second kappa shape index (κ2) is 8.22. The van der Waals surface area contributed by atoms with Crippen molar-refractivity contribution in [2.45, 2.75) is 6.92 Å². The van der Waals surface area contributed by atoms with Crippen molar-refractivity contribution in [3.8, 4) is 11.1 Å². The number of hydrogen-bond acceptors (Lipinski definition) is 2. The van der Waals surface area contributed by atoms with E-state index >= 15 is 0 Å². The van der Waals surface area contributed by atoms with E-state index in [1.54, 1.807) is 6.92 Å². The summed E-state index contributed by atoms with van der Waals surface area (Å²) in [5.41, 5.74) is 2.55. The summed E-state index contributed by atoms with van der Waals surface area (Å²) in [6.07, 6.45) is 0. The molecule has 1 saturated heterocycles. The zero-order valence-electron chi connectivity index (χ0n) is 12.5. The molecule has 2 aromatic carbocycles. The topological polar surface area (TPSA) is 32.3 Å². The maximum atomic E-state index is 10.7. The highest BCUT2D eigenvalue weighted by Crippen LogP contribution is 2.17. The van der Waals surface area contributed by atoms with Gasteiger partial charge in [0.15, 0.2) is 0 Å². The lowest BCUT2D eigenvalue weighted by Crippen LogP contribution is -2.45. The average molecular weight is 282 g/mol. The maximum Gasteiger partial charge on any atom is 0.219 e. The lowest BCUT2D eigenvalue weighted by Gasteiger charge is -2.25. The van der Waals surface area contributed by atoms with E-state index in [4.69, 9.17) is 0 Å². The van der Waals surface area contributed by atoms with Crippen LogP contribution in [0, 0.1) is 0 Å². The molecule has 1 aliphatic rings. The van der Waals surface area contributed by atoms with Gasteiger partial charge >= 0.3 is 0 Å². The third kappa shape index (κ3) is 5.04. The summed E-state index contributed by atoms with van der Waals surface area (Å²) in [6.45, 7) is 5.25. The number of carbonyl (C=O) groups excluding carboxylic acids is 1. The van der Waals surface area contributed by atoms with Crippen LogP contribution in [0.3, 0.4) is 0 Å². The molecule has 3 rings (SSSR count). The Balaban J connectivity index is 0.000000161. The van der Waals surface area contributed by atoms with Gasteiger partial charge in [0.2, 0.25) is 5.91 Å². The van der Waals surface area contributed by atoms with E-state index in [0.29, 0.717) is 0 Å². The van der Waals surface area contributed by atoms with E-state index in [1.165, 1.54) is 11.1 Å². The molecule has 0 bridgehead atoms. The van der Waals surface area contributed by atoms with Gasteiger partial charge in [-0.1, -0.05) is 60.7 Å². The minimum Gasteiger partial charge on any atom is -0.340 e. The fourth-order valence-corrected chi connectivity index (χ4v) is 2.24. The molecule has 1 amide bonds. The fraction of sp³-hybridized carbons (Fsp3) is 0.278. The second-order valence-corrected chi connectivity index (χ2v) is 4.99. The molecule has 0 unspecified atom stereocenters. The molecule has 0 aromatic heterocycles. The number of nitrogens with zero attached hydrogens (tertiary/aromatic N) is 1. The summed E-state index contributed by atoms with van der Waals surface area (Å²) in [7, 11) is 0. The molecular formula is C18H22N2O. The lowest BCUT2D eigenvalue weighted by atomic mass is 10.1. The Morgan fingerprint density at radius 3 is 1.62 bits per heavy atom. The molecular weight excluding hydrogens is 260 g/mol. The maximum absolute atomic E-state index is 10.7. The van der Waals surface area contributed by atoms with E-state index in [1.807, 2.05) is 17.0 Å². The molecule has 1 N–H and O–H groups in total. The minimum atomic E-state index is 0.191. The van der Waals surface area contributed by atoms with Crippen LogP contribution in [-0.2, 0) is 4.79 Å². The van der Waals surface area contributed by atoms with Crippen LogP contribution in [0.1, 0.15) is 6.92 Å². The third-order valence-corrected chi connectivity index (χ3v) is 3.44. The zero-order chi connectivity index (χ0) is 14.9. The molecule has 1 fully saturated rings. The van der Waals surface area contributed by atoms with Gasteiger partial charge in [0.1, 0.15) is 0 Å². The molecule has 2 aromatic rings. The Bertz CT molecular complexity index is 496. The number of carbonyl (C=O) groups is 1. The largest absolute Gasteiger partial charge is 0.340 e. The number of hydrogen-bond donors (Lipinski definition) is 1. The minimum absolute atomic E-state index is 0.191. The number of amides is 1. The molecule has 0 saturated carbocycles. The first-order chi connectivity index (χ1) is 10.3. The summed E-state index contributed by atoms with van der Waals surface area (Å²) < 4.78 is 0. The Morgan fingerprint density at radius 1 is 0.857 bits per heavy atom. The Labute approximate surface area is 126 Å². The predicted octanol–water partition coefficient (Wildman–Crippen LogP) is 2.79. The Hall–Kier alpha value is -2.13. The van der Waals surface area contributed by atoms with E-state index in [2.05, 4.69) is 53.8 Å².